The van der Waals surface area contributed by atoms with Gasteiger partial charge in [0.05, 0.1) is 6.20 Å². The Morgan fingerprint density at radius 3 is 2.68 bits per heavy atom. The molecule has 1 aromatic carbocycles. The summed E-state index contributed by atoms with van der Waals surface area (Å²) in [7, 11) is -2.33. The SMILES string of the molecule is CN(Cc1ccccc1O)S(=O)(=O)c1cn[nH]c1N. The third-order valence-corrected chi connectivity index (χ3v) is 4.54. The number of para-hydroxylation sites is 1. The number of H-pyrrole nitrogens is 1. The van der Waals surface area contributed by atoms with Gasteiger partial charge in [-0.05, 0) is 6.07 Å². The van der Waals surface area contributed by atoms with Crippen LogP contribution in [0.1, 0.15) is 5.56 Å². The molecule has 0 amide bonds. The molecule has 0 saturated carbocycles. The number of aromatic nitrogens is 2. The molecule has 0 unspecified atom stereocenters. The van der Waals surface area contributed by atoms with Gasteiger partial charge in [0.1, 0.15) is 16.5 Å². The number of hydrogen-bond donors (Lipinski definition) is 3. The molecule has 0 saturated heterocycles. The molecular formula is C11H14N4O3S. The molecule has 0 aliphatic rings. The second-order valence-electron chi connectivity index (χ2n) is 4.04. The molecule has 0 radical (unpaired) electrons. The van der Waals surface area contributed by atoms with Gasteiger partial charge in [0.2, 0.25) is 10.0 Å². The van der Waals surface area contributed by atoms with Crippen LogP contribution in [-0.4, -0.2) is 35.1 Å². The maximum atomic E-state index is 12.2. The molecule has 2 aromatic rings. The van der Waals surface area contributed by atoms with Crippen molar-refractivity contribution in [3.8, 4) is 5.75 Å². The number of anilines is 1. The molecule has 1 aromatic heterocycles. The van der Waals surface area contributed by atoms with Gasteiger partial charge in [-0.1, -0.05) is 18.2 Å². The molecule has 1 heterocycles. The minimum absolute atomic E-state index is 0.0101. The standard InChI is InChI=1S/C11H14N4O3S/c1-15(7-8-4-2-3-5-9(8)16)19(17,18)10-6-13-14-11(10)12/h2-6,16H,7H2,1H3,(H3,12,13,14). The van der Waals surface area contributed by atoms with Crippen LogP contribution in [0.15, 0.2) is 35.4 Å². The van der Waals surface area contributed by atoms with E-state index in [2.05, 4.69) is 10.2 Å². The summed E-state index contributed by atoms with van der Waals surface area (Å²) in [6, 6.07) is 6.55. The number of aromatic hydroxyl groups is 1. The molecule has 19 heavy (non-hydrogen) atoms. The van der Waals surface area contributed by atoms with Gasteiger partial charge in [0.25, 0.3) is 0 Å². The van der Waals surface area contributed by atoms with E-state index in [1.165, 1.54) is 13.1 Å². The molecule has 8 heteroatoms. The van der Waals surface area contributed by atoms with E-state index in [-0.39, 0.29) is 23.0 Å². The topological polar surface area (TPSA) is 112 Å². The highest BCUT2D eigenvalue weighted by molar-refractivity contribution is 7.89. The molecule has 0 bridgehead atoms. The first-order valence-electron chi connectivity index (χ1n) is 5.45. The zero-order chi connectivity index (χ0) is 14.0. The van der Waals surface area contributed by atoms with Gasteiger partial charge < -0.3 is 10.8 Å². The number of aromatic amines is 1. The minimum atomic E-state index is -3.74. The highest BCUT2D eigenvalue weighted by Gasteiger charge is 2.25. The maximum absolute atomic E-state index is 12.2. The predicted molar refractivity (Wildman–Crippen MR) is 69.8 cm³/mol. The number of sulfonamides is 1. The maximum Gasteiger partial charge on any atom is 0.248 e. The first kappa shape index (κ1) is 13.4. The van der Waals surface area contributed by atoms with Gasteiger partial charge in [0.15, 0.2) is 0 Å². The minimum Gasteiger partial charge on any atom is -0.508 e. The number of benzene rings is 1. The molecule has 102 valence electrons. The summed E-state index contributed by atoms with van der Waals surface area (Å²) < 4.78 is 25.6. The van der Waals surface area contributed by atoms with Crippen molar-refractivity contribution in [1.29, 1.82) is 0 Å². The van der Waals surface area contributed by atoms with E-state index in [4.69, 9.17) is 5.73 Å². The zero-order valence-electron chi connectivity index (χ0n) is 10.2. The van der Waals surface area contributed by atoms with Crippen LogP contribution in [0.5, 0.6) is 5.75 Å². The van der Waals surface area contributed by atoms with Crippen molar-refractivity contribution < 1.29 is 13.5 Å². The van der Waals surface area contributed by atoms with Crippen molar-refractivity contribution in [3.63, 3.8) is 0 Å². The first-order chi connectivity index (χ1) is 8.93. The van der Waals surface area contributed by atoms with Crippen LogP contribution in [0, 0.1) is 0 Å². The van der Waals surface area contributed by atoms with E-state index in [0.29, 0.717) is 5.56 Å². The van der Waals surface area contributed by atoms with Crippen molar-refractivity contribution in [1.82, 2.24) is 14.5 Å². The quantitative estimate of drug-likeness (QED) is 0.756. The molecule has 0 fully saturated rings. The number of phenols is 1. The summed E-state index contributed by atoms with van der Waals surface area (Å²) in [6.07, 6.45) is 1.16. The van der Waals surface area contributed by atoms with Crippen LogP contribution >= 0.6 is 0 Å². The number of rotatable bonds is 4. The van der Waals surface area contributed by atoms with Gasteiger partial charge in [0, 0.05) is 19.2 Å². The van der Waals surface area contributed by atoms with Crippen LogP contribution in [-0.2, 0) is 16.6 Å². The van der Waals surface area contributed by atoms with Crippen molar-refractivity contribution >= 4 is 15.8 Å². The third kappa shape index (κ3) is 2.54. The number of nitrogens with two attached hydrogens (primary N) is 1. The fourth-order valence-electron chi connectivity index (χ4n) is 1.63. The largest absolute Gasteiger partial charge is 0.508 e. The molecule has 7 nitrogen and oxygen atoms in total. The second kappa shape index (κ2) is 4.90. The second-order valence-corrected chi connectivity index (χ2v) is 6.05. The van der Waals surface area contributed by atoms with E-state index < -0.39 is 10.0 Å². The normalized spacial score (nSPS) is 11.9. The first-order valence-corrected chi connectivity index (χ1v) is 6.89. The van der Waals surface area contributed by atoms with Gasteiger partial charge in [-0.3, -0.25) is 5.10 Å². The fraction of sp³-hybridized carbons (Fsp3) is 0.182. The van der Waals surface area contributed by atoms with Crippen molar-refractivity contribution in [3.05, 3.63) is 36.0 Å². The summed E-state index contributed by atoms with van der Waals surface area (Å²) in [5.41, 5.74) is 6.02. The molecule has 2 rings (SSSR count). The zero-order valence-corrected chi connectivity index (χ0v) is 11.1. The number of hydrogen-bond acceptors (Lipinski definition) is 5. The molecule has 0 aliphatic carbocycles. The highest BCUT2D eigenvalue weighted by Crippen LogP contribution is 2.23. The van der Waals surface area contributed by atoms with Crippen molar-refractivity contribution in [2.24, 2.45) is 0 Å². The van der Waals surface area contributed by atoms with Gasteiger partial charge in [-0.2, -0.15) is 9.40 Å². The van der Waals surface area contributed by atoms with Crippen molar-refractivity contribution in [2.45, 2.75) is 11.4 Å². The number of nitrogens with zero attached hydrogens (tertiary/aromatic N) is 2. The Kier molecular flexibility index (Phi) is 3.45. The smallest absolute Gasteiger partial charge is 0.248 e. The van der Waals surface area contributed by atoms with Crippen LogP contribution in [0.3, 0.4) is 0 Å². The Labute approximate surface area is 110 Å². The Balaban J connectivity index is 2.28. The lowest BCUT2D eigenvalue weighted by molar-refractivity contribution is 0.436. The van der Waals surface area contributed by atoms with Gasteiger partial charge >= 0.3 is 0 Å². The summed E-state index contributed by atoms with van der Waals surface area (Å²) in [5.74, 6) is 0.0360. The monoisotopic (exact) mass is 282 g/mol. The van der Waals surface area contributed by atoms with Gasteiger partial charge in [-0.25, -0.2) is 8.42 Å². The lowest BCUT2D eigenvalue weighted by Crippen LogP contribution is -2.26. The number of nitrogens with one attached hydrogen (secondary N) is 1. The van der Waals surface area contributed by atoms with Crippen LogP contribution < -0.4 is 5.73 Å². The molecule has 0 atom stereocenters. The average molecular weight is 282 g/mol. The van der Waals surface area contributed by atoms with Crippen LogP contribution in [0.4, 0.5) is 5.82 Å². The van der Waals surface area contributed by atoms with E-state index in [0.717, 1.165) is 10.5 Å². The summed E-state index contributed by atoms with van der Waals surface area (Å²) in [4.78, 5) is -0.0783. The van der Waals surface area contributed by atoms with E-state index in [1.807, 2.05) is 0 Å². The fourth-order valence-corrected chi connectivity index (χ4v) is 2.78. The van der Waals surface area contributed by atoms with Gasteiger partial charge in [-0.15, -0.1) is 0 Å². The lowest BCUT2D eigenvalue weighted by Gasteiger charge is -2.17. The Morgan fingerprint density at radius 1 is 1.42 bits per heavy atom. The van der Waals surface area contributed by atoms with Crippen LogP contribution in [0.2, 0.25) is 0 Å². The number of nitrogen functional groups attached to an aromatic ring is 1. The third-order valence-electron chi connectivity index (χ3n) is 2.71. The Morgan fingerprint density at radius 2 is 2.11 bits per heavy atom. The molecule has 0 aliphatic heterocycles. The van der Waals surface area contributed by atoms with E-state index >= 15 is 0 Å². The van der Waals surface area contributed by atoms with Crippen molar-refractivity contribution in [2.75, 3.05) is 12.8 Å². The Bertz CT molecular complexity index is 681. The molecular weight excluding hydrogens is 268 g/mol. The van der Waals surface area contributed by atoms with Crippen LogP contribution in [0.25, 0.3) is 0 Å². The predicted octanol–water partition coefficient (Wildman–Crippen LogP) is 0.518. The summed E-state index contributed by atoms with van der Waals surface area (Å²) in [6.45, 7) is 0.0413. The molecule has 4 N–H and O–H groups in total. The van der Waals surface area contributed by atoms with E-state index in [9.17, 15) is 13.5 Å². The van der Waals surface area contributed by atoms with E-state index in [1.54, 1.807) is 18.2 Å². The highest BCUT2D eigenvalue weighted by atomic mass is 32.2. The Hall–Kier alpha value is -2.06. The average Bonchev–Trinajstić information content (AvgIpc) is 2.79. The molecule has 0 spiro atoms. The number of phenolic OH excluding ortho intramolecular Hbond substituents is 1. The summed E-state index contributed by atoms with van der Waals surface area (Å²) >= 11 is 0. The summed E-state index contributed by atoms with van der Waals surface area (Å²) in [5, 5.41) is 15.6. The lowest BCUT2D eigenvalue weighted by atomic mass is 10.2.